The SMILES string of the molecule is CC(C)(C)[C@H](NC(=O)c1cscn1)C(=O)N1C[C@H](OC(=O)N2Cc3cccc(F)c3C2)CC1C(=O)N[C@@]1(C(=O)NS(=O)(=O)C2CC2)C[C@H]1C(F)F. The predicted molar refractivity (Wildman–Crippen MR) is 174 cm³/mol. The van der Waals surface area contributed by atoms with Gasteiger partial charge < -0.3 is 20.3 Å². The van der Waals surface area contributed by atoms with Crippen LogP contribution < -0.4 is 15.4 Å². The van der Waals surface area contributed by atoms with Gasteiger partial charge in [-0.3, -0.25) is 28.8 Å². The summed E-state index contributed by atoms with van der Waals surface area (Å²) >= 11 is 1.16. The Bertz CT molecular complexity index is 1850. The summed E-state index contributed by atoms with van der Waals surface area (Å²) in [6, 6.07) is 1.69. The third-order valence-electron chi connectivity index (χ3n) is 9.62. The minimum atomic E-state index is -4.16. The van der Waals surface area contributed by atoms with E-state index in [2.05, 4.69) is 15.6 Å². The zero-order valence-electron chi connectivity index (χ0n) is 27.9. The lowest BCUT2D eigenvalue weighted by Crippen LogP contribution is -2.60. The number of amides is 5. The quantitative estimate of drug-likeness (QED) is 0.328. The molecule has 14 nitrogen and oxygen atoms in total. The lowest BCUT2D eigenvalue weighted by atomic mass is 9.85. The van der Waals surface area contributed by atoms with E-state index in [9.17, 15) is 45.6 Å². The highest BCUT2D eigenvalue weighted by Crippen LogP contribution is 2.48. The number of hydrogen-bond donors (Lipinski definition) is 3. The van der Waals surface area contributed by atoms with Crippen LogP contribution in [-0.4, -0.2) is 94.9 Å². The summed E-state index contributed by atoms with van der Waals surface area (Å²) in [7, 11) is -4.16. The first-order valence-corrected chi connectivity index (χ1v) is 18.8. The Morgan fingerprint density at radius 3 is 2.43 bits per heavy atom. The lowest BCUT2D eigenvalue weighted by Gasteiger charge is -2.35. The van der Waals surface area contributed by atoms with Gasteiger partial charge in [-0.05, 0) is 36.3 Å². The zero-order chi connectivity index (χ0) is 37.0. The van der Waals surface area contributed by atoms with Gasteiger partial charge in [-0.25, -0.2) is 31.4 Å². The van der Waals surface area contributed by atoms with E-state index in [1.165, 1.54) is 27.9 Å². The Morgan fingerprint density at radius 2 is 1.84 bits per heavy atom. The average Bonchev–Trinajstić information content (AvgIpc) is 3.84. The molecule has 3 fully saturated rings. The van der Waals surface area contributed by atoms with Crippen LogP contribution in [0.25, 0.3) is 0 Å². The first-order valence-electron chi connectivity index (χ1n) is 16.3. The van der Waals surface area contributed by atoms with Gasteiger partial charge in [0.25, 0.3) is 11.8 Å². The van der Waals surface area contributed by atoms with Crippen molar-refractivity contribution in [1.82, 2.24) is 30.1 Å². The molecule has 2 aliphatic heterocycles. The fourth-order valence-corrected chi connectivity index (χ4v) is 8.38. The molecule has 5 amide bonds. The van der Waals surface area contributed by atoms with E-state index >= 15 is 0 Å². The number of likely N-dealkylation sites (tertiary alicyclic amines) is 1. The van der Waals surface area contributed by atoms with Gasteiger partial charge in [0.05, 0.1) is 29.8 Å². The van der Waals surface area contributed by atoms with Crippen molar-refractivity contribution in [3.63, 3.8) is 0 Å². The number of benzene rings is 1. The Hall–Kier alpha value is -4.26. The molecule has 51 heavy (non-hydrogen) atoms. The lowest BCUT2D eigenvalue weighted by molar-refractivity contribution is -0.143. The first-order chi connectivity index (χ1) is 23.9. The summed E-state index contributed by atoms with van der Waals surface area (Å²) in [4.78, 5) is 74.1. The van der Waals surface area contributed by atoms with Gasteiger partial charge in [0.1, 0.15) is 35.2 Å². The highest BCUT2D eigenvalue weighted by molar-refractivity contribution is 7.91. The molecule has 2 aromatic rings. The molecule has 3 heterocycles. The van der Waals surface area contributed by atoms with Crippen LogP contribution in [0, 0.1) is 17.2 Å². The van der Waals surface area contributed by atoms with Gasteiger partial charge >= 0.3 is 6.09 Å². The standard InChI is InChI=1S/C32H37F3N6O8S2/c1-31(2,3)24(37-26(42)22-14-50-15-36-22)28(44)41-12-17(49-30(46)40-11-16-5-4-6-21(33)19(16)13-40)9-23(41)27(43)38-32(10-20(32)25(34)35)29(45)39-51(47,48)18-7-8-18/h4-6,14-15,17-18,20,23-25H,7-13H2,1-3H3,(H,37,42)(H,38,43)(H,39,45)/t17-,20+,23?,24-,32+/m1/s1. The molecule has 2 saturated carbocycles. The summed E-state index contributed by atoms with van der Waals surface area (Å²) in [5.41, 5.74) is -0.828. The van der Waals surface area contributed by atoms with Crippen molar-refractivity contribution in [1.29, 1.82) is 0 Å². The van der Waals surface area contributed by atoms with Gasteiger partial charge in [-0.15, -0.1) is 11.3 Å². The van der Waals surface area contributed by atoms with Gasteiger partial charge in [-0.2, -0.15) is 0 Å². The maximum atomic E-state index is 14.4. The summed E-state index contributed by atoms with van der Waals surface area (Å²) in [5.74, 6) is -5.99. The highest BCUT2D eigenvalue weighted by Gasteiger charge is 2.67. The molecule has 19 heteroatoms. The number of alkyl halides is 2. The number of halogens is 3. The summed E-state index contributed by atoms with van der Waals surface area (Å²) in [5, 5.41) is 5.61. The highest BCUT2D eigenvalue weighted by atomic mass is 32.2. The van der Waals surface area contributed by atoms with Crippen LogP contribution in [0.3, 0.4) is 0 Å². The molecule has 0 radical (unpaired) electrons. The Morgan fingerprint density at radius 1 is 1.12 bits per heavy atom. The molecule has 276 valence electrons. The van der Waals surface area contributed by atoms with E-state index in [1.54, 1.807) is 26.8 Å². The van der Waals surface area contributed by atoms with Gasteiger partial charge in [0.2, 0.25) is 28.3 Å². The van der Waals surface area contributed by atoms with Crippen molar-refractivity contribution >= 4 is 51.1 Å². The van der Waals surface area contributed by atoms with Crippen LogP contribution in [0.15, 0.2) is 29.1 Å². The van der Waals surface area contributed by atoms with Crippen molar-refractivity contribution in [2.75, 3.05) is 6.54 Å². The Labute approximate surface area is 295 Å². The molecule has 0 spiro atoms. The number of carbonyl (C=O) groups is 5. The van der Waals surface area contributed by atoms with Crippen molar-refractivity contribution in [3.05, 3.63) is 51.7 Å². The molecule has 1 aromatic carbocycles. The molecule has 3 N–H and O–H groups in total. The molecule has 2 aliphatic carbocycles. The first kappa shape index (κ1) is 36.5. The molecule has 1 aromatic heterocycles. The van der Waals surface area contributed by atoms with Gasteiger partial charge in [0.15, 0.2) is 0 Å². The second kappa shape index (κ2) is 13.4. The maximum absolute atomic E-state index is 14.4. The summed E-state index contributed by atoms with van der Waals surface area (Å²) < 4.78 is 74.9. The van der Waals surface area contributed by atoms with E-state index in [1.807, 2.05) is 4.72 Å². The zero-order valence-corrected chi connectivity index (χ0v) is 29.5. The fraction of sp³-hybridized carbons (Fsp3) is 0.562. The fourth-order valence-electron chi connectivity index (χ4n) is 6.49. The van der Waals surface area contributed by atoms with Crippen molar-refractivity contribution < 1.29 is 50.3 Å². The van der Waals surface area contributed by atoms with Gasteiger partial charge in [-0.1, -0.05) is 32.9 Å². The number of hydrogen-bond acceptors (Lipinski definition) is 10. The summed E-state index contributed by atoms with van der Waals surface area (Å²) in [6.07, 6.45) is -5.35. The van der Waals surface area contributed by atoms with Gasteiger partial charge in [0, 0.05) is 23.9 Å². The van der Waals surface area contributed by atoms with Crippen molar-refractivity contribution in [2.24, 2.45) is 11.3 Å². The topological polar surface area (TPSA) is 184 Å². The number of thiazole rings is 1. The van der Waals surface area contributed by atoms with Crippen LogP contribution in [0.4, 0.5) is 18.0 Å². The number of aromatic nitrogens is 1. The number of ether oxygens (including phenoxy) is 1. The van der Waals surface area contributed by atoms with E-state index in [0.717, 1.165) is 16.2 Å². The van der Waals surface area contributed by atoms with Crippen LogP contribution in [0.2, 0.25) is 0 Å². The van der Waals surface area contributed by atoms with Crippen molar-refractivity contribution in [2.45, 2.75) is 94.9 Å². The number of carbonyl (C=O) groups excluding carboxylic acids is 5. The predicted octanol–water partition coefficient (Wildman–Crippen LogP) is 2.30. The third-order valence-corrected chi connectivity index (χ3v) is 12.0. The van der Waals surface area contributed by atoms with E-state index in [4.69, 9.17) is 4.74 Å². The summed E-state index contributed by atoms with van der Waals surface area (Å²) in [6.45, 7) is 4.62. The second-order valence-electron chi connectivity index (χ2n) is 14.4. The number of nitrogens with one attached hydrogen (secondary N) is 3. The molecule has 1 unspecified atom stereocenters. The molecule has 1 saturated heterocycles. The third kappa shape index (κ3) is 7.40. The molecular formula is C32H37F3N6O8S2. The average molecular weight is 755 g/mol. The van der Waals surface area contributed by atoms with Crippen LogP contribution in [0.5, 0.6) is 0 Å². The number of rotatable bonds is 10. The normalized spacial score (nSPS) is 24.9. The molecule has 6 rings (SSSR count). The molecule has 5 atom stereocenters. The Kier molecular flexibility index (Phi) is 9.58. The minimum Gasteiger partial charge on any atom is -0.444 e. The molecule has 4 aliphatic rings. The Balaban J connectivity index is 1.25. The number of nitrogens with zero attached hydrogens (tertiary/aromatic N) is 3. The van der Waals surface area contributed by atoms with Crippen LogP contribution in [0.1, 0.15) is 68.1 Å². The van der Waals surface area contributed by atoms with Crippen molar-refractivity contribution in [3.8, 4) is 0 Å². The minimum absolute atomic E-state index is 0.0495. The number of fused-ring (bicyclic) bond motifs is 1. The maximum Gasteiger partial charge on any atom is 0.410 e. The smallest absolute Gasteiger partial charge is 0.410 e. The molecule has 0 bridgehead atoms. The van der Waals surface area contributed by atoms with E-state index in [-0.39, 0.29) is 31.7 Å². The van der Waals surface area contributed by atoms with Crippen LogP contribution >= 0.6 is 11.3 Å². The molecular weight excluding hydrogens is 718 g/mol. The van der Waals surface area contributed by atoms with E-state index in [0.29, 0.717) is 24.0 Å². The largest absolute Gasteiger partial charge is 0.444 e. The van der Waals surface area contributed by atoms with Crippen LogP contribution in [-0.2, 0) is 42.2 Å². The van der Waals surface area contributed by atoms with E-state index < -0.39 is 98.7 Å². The second-order valence-corrected chi connectivity index (χ2v) is 17.1. The monoisotopic (exact) mass is 754 g/mol. The number of sulfonamides is 1.